The molecular weight excluding hydrogens is 695 g/mol. The molecule has 0 radical (unpaired) electrons. The smallest absolute Gasteiger partial charge is 0.164 e. The van der Waals surface area contributed by atoms with Crippen molar-refractivity contribution in [3.8, 4) is 56.4 Å². The van der Waals surface area contributed by atoms with Crippen LogP contribution in [-0.4, -0.2) is 15.0 Å². The zero-order chi connectivity index (χ0) is 35.6. The molecule has 252 valence electrons. The lowest BCUT2D eigenvalue weighted by Crippen LogP contribution is -2.00. The van der Waals surface area contributed by atoms with Crippen molar-refractivity contribution in [3.05, 3.63) is 176 Å². The molecule has 0 fully saturated rings. The van der Waals surface area contributed by atoms with E-state index in [1.54, 1.807) is 0 Å². The van der Waals surface area contributed by atoms with E-state index in [9.17, 15) is 0 Å². The van der Waals surface area contributed by atoms with E-state index in [0.29, 0.717) is 17.5 Å². The Balaban J connectivity index is 1.11. The van der Waals surface area contributed by atoms with Crippen LogP contribution in [0, 0.1) is 0 Å². The summed E-state index contributed by atoms with van der Waals surface area (Å²) in [5.74, 6) is 1.95. The summed E-state index contributed by atoms with van der Waals surface area (Å²) >= 11 is 3.70. The zero-order valence-electron chi connectivity index (χ0n) is 28.9. The Morgan fingerprint density at radius 3 is 1.57 bits per heavy atom. The van der Waals surface area contributed by atoms with Gasteiger partial charge in [-0.2, -0.15) is 0 Å². The van der Waals surface area contributed by atoms with Crippen LogP contribution in [0.15, 0.2) is 176 Å². The molecule has 0 aliphatic heterocycles. The number of rotatable bonds is 5. The van der Waals surface area contributed by atoms with Crippen molar-refractivity contribution in [1.82, 2.24) is 15.0 Å². The van der Waals surface area contributed by atoms with Crippen LogP contribution in [0.5, 0.6) is 0 Å². The molecule has 0 unspecified atom stereocenters. The molecule has 3 nitrogen and oxygen atoms in total. The normalized spacial score (nSPS) is 11.7. The van der Waals surface area contributed by atoms with Gasteiger partial charge < -0.3 is 0 Å². The van der Waals surface area contributed by atoms with Gasteiger partial charge >= 0.3 is 0 Å². The molecule has 11 rings (SSSR count). The summed E-state index contributed by atoms with van der Waals surface area (Å²) in [6.07, 6.45) is 0. The highest BCUT2D eigenvalue weighted by molar-refractivity contribution is 7.26. The summed E-state index contributed by atoms with van der Waals surface area (Å²) in [7, 11) is 0. The third-order valence-corrected chi connectivity index (χ3v) is 12.7. The van der Waals surface area contributed by atoms with Crippen molar-refractivity contribution in [1.29, 1.82) is 0 Å². The molecular formula is C49H29N3S2. The Labute approximate surface area is 319 Å². The van der Waals surface area contributed by atoms with Gasteiger partial charge in [-0.3, -0.25) is 0 Å². The van der Waals surface area contributed by atoms with E-state index in [2.05, 4.69) is 158 Å². The quantitative estimate of drug-likeness (QED) is 0.177. The van der Waals surface area contributed by atoms with E-state index in [4.69, 9.17) is 15.0 Å². The van der Waals surface area contributed by atoms with Crippen LogP contribution in [0.25, 0.3) is 108 Å². The van der Waals surface area contributed by atoms with E-state index in [1.165, 1.54) is 68.0 Å². The topological polar surface area (TPSA) is 38.7 Å². The summed E-state index contributed by atoms with van der Waals surface area (Å²) in [4.78, 5) is 15.5. The first-order valence-electron chi connectivity index (χ1n) is 18.0. The Morgan fingerprint density at radius 1 is 0.296 bits per heavy atom. The highest BCUT2D eigenvalue weighted by atomic mass is 32.1. The molecule has 3 heterocycles. The molecule has 0 amide bonds. The van der Waals surface area contributed by atoms with Gasteiger partial charge in [-0.1, -0.05) is 133 Å². The summed E-state index contributed by atoms with van der Waals surface area (Å²) < 4.78 is 5.13. The fourth-order valence-corrected chi connectivity index (χ4v) is 9.97. The van der Waals surface area contributed by atoms with Gasteiger partial charge in [0.1, 0.15) is 0 Å². The van der Waals surface area contributed by atoms with E-state index >= 15 is 0 Å². The molecule has 0 spiro atoms. The second-order valence-corrected chi connectivity index (χ2v) is 15.8. The van der Waals surface area contributed by atoms with Crippen LogP contribution in [0.1, 0.15) is 0 Å². The van der Waals surface area contributed by atoms with Crippen molar-refractivity contribution >= 4 is 73.8 Å². The fourth-order valence-electron chi connectivity index (χ4n) is 7.61. The van der Waals surface area contributed by atoms with Crippen molar-refractivity contribution in [2.24, 2.45) is 0 Å². The number of aromatic nitrogens is 3. The number of hydrogen-bond donors (Lipinski definition) is 0. The molecule has 8 aromatic carbocycles. The first-order valence-corrected chi connectivity index (χ1v) is 19.6. The maximum Gasteiger partial charge on any atom is 0.164 e. The molecule has 11 aromatic rings. The van der Waals surface area contributed by atoms with Crippen molar-refractivity contribution in [2.75, 3.05) is 0 Å². The number of benzene rings is 8. The van der Waals surface area contributed by atoms with Gasteiger partial charge in [0, 0.05) is 62.6 Å². The van der Waals surface area contributed by atoms with Crippen LogP contribution in [-0.2, 0) is 0 Å². The van der Waals surface area contributed by atoms with Crippen LogP contribution in [0.3, 0.4) is 0 Å². The number of fused-ring (bicyclic) bond motifs is 7. The second-order valence-electron chi connectivity index (χ2n) is 13.6. The third kappa shape index (κ3) is 5.28. The Hall–Kier alpha value is -6.53. The highest BCUT2D eigenvalue weighted by Gasteiger charge is 2.18. The minimum Gasteiger partial charge on any atom is -0.208 e. The molecule has 0 atom stereocenters. The molecule has 0 saturated carbocycles. The van der Waals surface area contributed by atoms with Crippen molar-refractivity contribution < 1.29 is 0 Å². The summed E-state index contributed by atoms with van der Waals surface area (Å²) in [5, 5.41) is 7.37. The van der Waals surface area contributed by atoms with Gasteiger partial charge in [-0.05, 0) is 69.9 Å². The van der Waals surface area contributed by atoms with E-state index < -0.39 is 0 Å². The van der Waals surface area contributed by atoms with Crippen molar-refractivity contribution in [2.45, 2.75) is 0 Å². The Bertz CT molecular complexity index is 3220. The van der Waals surface area contributed by atoms with Crippen LogP contribution in [0.4, 0.5) is 0 Å². The van der Waals surface area contributed by atoms with Crippen LogP contribution in [0.2, 0.25) is 0 Å². The number of hydrogen-bond acceptors (Lipinski definition) is 5. The predicted molar refractivity (Wildman–Crippen MR) is 230 cm³/mol. The van der Waals surface area contributed by atoms with Gasteiger partial charge in [-0.15, -0.1) is 22.7 Å². The van der Waals surface area contributed by atoms with E-state index in [-0.39, 0.29) is 0 Å². The first-order chi connectivity index (χ1) is 26.7. The van der Waals surface area contributed by atoms with E-state index in [1.807, 2.05) is 40.9 Å². The monoisotopic (exact) mass is 723 g/mol. The minimum absolute atomic E-state index is 0.649. The molecule has 0 saturated heterocycles. The standard InChI is InChI=1S/C49H29N3S2/c1-3-11-30(12-4-1)32-19-20-34-26-36(22-21-33(34)25-32)48-50-47(31-13-5-2-6-14-31)51-49(52-48)37-27-41(46-42(28-37)39-16-8-10-18-44(39)54-46)35-23-24-40-38-15-7-9-17-43(38)53-45(40)29-35/h1-29H. The molecule has 0 N–H and O–H groups in total. The molecule has 5 heteroatoms. The average Bonchev–Trinajstić information content (AvgIpc) is 3.81. The predicted octanol–water partition coefficient (Wildman–Crippen LogP) is 14.1. The maximum atomic E-state index is 5.24. The van der Waals surface area contributed by atoms with Gasteiger partial charge in [-0.25, -0.2) is 15.0 Å². The lowest BCUT2D eigenvalue weighted by atomic mass is 9.98. The largest absolute Gasteiger partial charge is 0.208 e. The molecule has 0 aliphatic rings. The zero-order valence-corrected chi connectivity index (χ0v) is 30.5. The lowest BCUT2D eigenvalue weighted by molar-refractivity contribution is 1.08. The Kier molecular flexibility index (Phi) is 7.22. The van der Waals surface area contributed by atoms with Crippen molar-refractivity contribution in [3.63, 3.8) is 0 Å². The average molecular weight is 724 g/mol. The third-order valence-electron chi connectivity index (χ3n) is 10.3. The van der Waals surface area contributed by atoms with Gasteiger partial charge in [0.15, 0.2) is 17.5 Å². The number of thiophene rings is 2. The van der Waals surface area contributed by atoms with Gasteiger partial charge in [0.2, 0.25) is 0 Å². The maximum absolute atomic E-state index is 5.24. The molecule has 3 aromatic heterocycles. The summed E-state index contributed by atoms with van der Waals surface area (Å²) in [5.41, 5.74) is 7.65. The van der Waals surface area contributed by atoms with Gasteiger partial charge in [0.25, 0.3) is 0 Å². The van der Waals surface area contributed by atoms with Gasteiger partial charge in [0.05, 0.1) is 0 Å². The van der Waals surface area contributed by atoms with E-state index in [0.717, 1.165) is 22.1 Å². The molecule has 0 aliphatic carbocycles. The lowest BCUT2D eigenvalue weighted by Gasteiger charge is -2.12. The Morgan fingerprint density at radius 2 is 0.833 bits per heavy atom. The molecule has 54 heavy (non-hydrogen) atoms. The molecule has 0 bridgehead atoms. The number of nitrogens with zero attached hydrogens (tertiary/aromatic N) is 3. The fraction of sp³-hybridized carbons (Fsp3) is 0. The highest BCUT2D eigenvalue weighted by Crippen LogP contribution is 2.44. The second kappa shape index (κ2) is 12.6. The van der Waals surface area contributed by atoms with Crippen LogP contribution >= 0.6 is 22.7 Å². The summed E-state index contributed by atoms with van der Waals surface area (Å²) in [6.45, 7) is 0. The minimum atomic E-state index is 0.649. The summed E-state index contributed by atoms with van der Waals surface area (Å²) in [6, 6.07) is 62.7. The first kappa shape index (κ1) is 31.0. The SMILES string of the molecule is c1ccc(-c2ccc3cc(-c4nc(-c5ccccc5)nc(-c5cc(-c6ccc7c(c6)sc6ccccc67)c6sc7ccccc7c6c5)n4)ccc3c2)cc1. The van der Waals surface area contributed by atoms with Crippen LogP contribution < -0.4 is 0 Å².